The molecule has 0 aliphatic carbocycles. The van der Waals surface area contributed by atoms with Crippen LogP contribution >= 0.6 is 11.3 Å². The predicted octanol–water partition coefficient (Wildman–Crippen LogP) is 2.88. The number of carbonyl (C=O) groups is 1. The number of aromatic nitrogens is 2. The minimum atomic E-state index is -0.425. The third kappa shape index (κ3) is 2.78. The van der Waals surface area contributed by atoms with E-state index in [4.69, 9.17) is 4.74 Å². The number of hydrogen-bond donors (Lipinski definition) is 2. The van der Waals surface area contributed by atoms with Crippen LogP contribution in [0.25, 0.3) is 10.1 Å². The predicted molar refractivity (Wildman–Crippen MR) is 85.3 cm³/mol. The van der Waals surface area contributed by atoms with Gasteiger partial charge in [-0.25, -0.2) is 4.39 Å². The first-order valence-corrected chi connectivity index (χ1v) is 7.55. The third-order valence-corrected chi connectivity index (χ3v) is 4.54. The Kier molecular flexibility index (Phi) is 4.01. The molecule has 0 radical (unpaired) electrons. The summed E-state index contributed by atoms with van der Waals surface area (Å²) in [6.45, 7) is 0.121. The molecule has 0 saturated heterocycles. The van der Waals surface area contributed by atoms with Gasteiger partial charge in [0.15, 0.2) is 0 Å². The van der Waals surface area contributed by atoms with Crippen LogP contribution in [-0.4, -0.2) is 27.7 Å². The van der Waals surface area contributed by atoms with E-state index < -0.39 is 5.91 Å². The number of nitrogens with zero attached hydrogens (tertiary/aromatic N) is 2. The number of ether oxygens (including phenoxy) is 1. The van der Waals surface area contributed by atoms with E-state index in [-0.39, 0.29) is 24.3 Å². The molecule has 0 bridgehead atoms. The summed E-state index contributed by atoms with van der Waals surface area (Å²) in [4.78, 5) is 16.7. The van der Waals surface area contributed by atoms with E-state index in [2.05, 4.69) is 10.3 Å². The number of hydrogen-bond acceptors (Lipinski definition) is 5. The van der Waals surface area contributed by atoms with Gasteiger partial charge in [0, 0.05) is 29.8 Å². The smallest absolute Gasteiger partial charge is 0.268 e. The van der Waals surface area contributed by atoms with Crippen molar-refractivity contribution in [2.24, 2.45) is 7.05 Å². The molecule has 1 aromatic carbocycles. The largest absolute Gasteiger partial charge is 0.492 e. The lowest BCUT2D eigenvalue weighted by Gasteiger charge is -2.06. The van der Waals surface area contributed by atoms with Gasteiger partial charge < -0.3 is 14.4 Å². The lowest BCUT2D eigenvalue weighted by molar-refractivity contribution is 0.102. The highest BCUT2D eigenvalue weighted by Crippen LogP contribution is 2.34. The zero-order valence-corrected chi connectivity index (χ0v) is 13.3. The van der Waals surface area contributed by atoms with E-state index in [0.717, 1.165) is 0 Å². The summed E-state index contributed by atoms with van der Waals surface area (Å²) in [6, 6.07) is 4.71. The Morgan fingerprint density at radius 1 is 1.52 bits per heavy atom. The first-order chi connectivity index (χ1) is 11.0. The SMILES string of the molecule is COCc1c(C(=O)Nc2nc(O)cn2C)sc2cccc(F)c12. The fourth-order valence-electron chi connectivity index (χ4n) is 2.36. The number of halogens is 1. The Morgan fingerprint density at radius 2 is 2.30 bits per heavy atom. The van der Waals surface area contributed by atoms with Crippen LogP contribution in [0.3, 0.4) is 0 Å². The van der Waals surface area contributed by atoms with Gasteiger partial charge >= 0.3 is 0 Å². The van der Waals surface area contributed by atoms with Gasteiger partial charge in [-0.3, -0.25) is 10.1 Å². The van der Waals surface area contributed by atoms with Crippen molar-refractivity contribution in [3.8, 4) is 5.88 Å². The number of nitrogens with one attached hydrogen (secondary N) is 1. The van der Waals surface area contributed by atoms with Crippen molar-refractivity contribution in [2.45, 2.75) is 6.61 Å². The number of amides is 1. The number of fused-ring (bicyclic) bond motifs is 1. The molecule has 8 heteroatoms. The molecular weight excluding hydrogens is 321 g/mol. The van der Waals surface area contributed by atoms with E-state index in [0.29, 0.717) is 20.5 Å². The summed E-state index contributed by atoms with van der Waals surface area (Å²) >= 11 is 1.19. The van der Waals surface area contributed by atoms with E-state index in [1.54, 1.807) is 19.2 Å². The molecule has 3 rings (SSSR count). The number of thiophene rings is 1. The zero-order valence-electron chi connectivity index (χ0n) is 12.5. The van der Waals surface area contributed by atoms with Crippen LogP contribution in [0.5, 0.6) is 5.88 Å². The Morgan fingerprint density at radius 3 is 2.96 bits per heavy atom. The molecule has 6 nitrogen and oxygen atoms in total. The van der Waals surface area contributed by atoms with Crippen molar-refractivity contribution in [1.29, 1.82) is 0 Å². The first kappa shape index (κ1) is 15.4. The Labute approximate surface area is 135 Å². The summed E-state index contributed by atoms with van der Waals surface area (Å²) in [5, 5.41) is 12.4. The number of imidazole rings is 1. The molecule has 23 heavy (non-hydrogen) atoms. The minimum Gasteiger partial charge on any atom is -0.492 e. The number of carbonyl (C=O) groups excluding carboxylic acids is 1. The Balaban J connectivity index is 2.04. The van der Waals surface area contributed by atoms with Crippen molar-refractivity contribution in [3.63, 3.8) is 0 Å². The fourth-order valence-corrected chi connectivity index (χ4v) is 3.48. The highest BCUT2D eigenvalue weighted by atomic mass is 32.1. The molecule has 2 N–H and O–H groups in total. The second kappa shape index (κ2) is 5.98. The molecule has 120 valence electrons. The van der Waals surface area contributed by atoms with Gasteiger partial charge in [0.05, 0.1) is 17.7 Å². The van der Waals surface area contributed by atoms with Crippen LogP contribution in [0.1, 0.15) is 15.2 Å². The molecule has 0 atom stereocenters. The lowest BCUT2D eigenvalue weighted by Crippen LogP contribution is -2.15. The summed E-state index contributed by atoms with van der Waals surface area (Å²) in [7, 11) is 3.13. The molecule has 0 saturated carbocycles. The van der Waals surface area contributed by atoms with E-state index in [9.17, 15) is 14.3 Å². The van der Waals surface area contributed by atoms with Crippen LogP contribution in [0.4, 0.5) is 10.3 Å². The minimum absolute atomic E-state index is 0.121. The van der Waals surface area contributed by atoms with Crippen LogP contribution in [0.15, 0.2) is 24.4 Å². The number of anilines is 1. The maximum Gasteiger partial charge on any atom is 0.268 e. The second-order valence-electron chi connectivity index (χ2n) is 4.94. The van der Waals surface area contributed by atoms with Crippen molar-refractivity contribution in [2.75, 3.05) is 12.4 Å². The number of benzene rings is 1. The average Bonchev–Trinajstić information content (AvgIpc) is 3.01. The van der Waals surface area contributed by atoms with Crippen molar-refractivity contribution in [3.05, 3.63) is 40.7 Å². The van der Waals surface area contributed by atoms with Gasteiger partial charge in [-0.05, 0) is 12.1 Å². The number of rotatable bonds is 4. The molecule has 2 heterocycles. The first-order valence-electron chi connectivity index (χ1n) is 6.73. The molecule has 0 unspecified atom stereocenters. The van der Waals surface area contributed by atoms with Crippen molar-refractivity contribution < 1.29 is 19.0 Å². The molecule has 3 aromatic rings. The maximum atomic E-state index is 14.1. The lowest BCUT2D eigenvalue weighted by atomic mass is 10.1. The summed E-state index contributed by atoms with van der Waals surface area (Å²) in [5.41, 5.74) is 0.501. The summed E-state index contributed by atoms with van der Waals surface area (Å²) in [6.07, 6.45) is 1.37. The zero-order chi connectivity index (χ0) is 16.6. The Bertz CT molecular complexity index is 888. The molecule has 0 fully saturated rings. The second-order valence-corrected chi connectivity index (χ2v) is 6.00. The summed E-state index contributed by atoms with van der Waals surface area (Å²) in [5.74, 6) is -0.804. The van der Waals surface area contributed by atoms with E-state index >= 15 is 0 Å². The molecule has 1 amide bonds. The third-order valence-electron chi connectivity index (χ3n) is 3.35. The van der Waals surface area contributed by atoms with Gasteiger partial charge in [-0.15, -0.1) is 11.3 Å². The highest BCUT2D eigenvalue weighted by molar-refractivity contribution is 7.21. The number of aryl methyl sites for hydroxylation is 1. The normalized spacial score (nSPS) is 11.1. The Hall–Kier alpha value is -2.45. The van der Waals surface area contributed by atoms with Crippen LogP contribution < -0.4 is 5.32 Å². The highest BCUT2D eigenvalue weighted by Gasteiger charge is 2.21. The van der Waals surface area contributed by atoms with Crippen LogP contribution in [-0.2, 0) is 18.4 Å². The molecule has 0 spiro atoms. The maximum absolute atomic E-state index is 14.1. The molecular formula is C15H14FN3O3S. The van der Waals surface area contributed by atoms with Crippen molar-refractivity contribution >= 4 is 33.3 Å². The van der Waals surface area contributed by atoms with E-state index in [1.165, 1.54) is 35.3 Å². The van der Waals surface area contributed by atoms with Gasteiger partial charge in [0.1, 0.15) is 5.82 Å². The number of aromatic hydroxyl groups is 1. The van der Waals surface area contributed by atoms with E-state index in [1.807, 2.05) is 0 Å². The average molecular weight is 335 g/mol. The monoisotopic (exact) mass is 335 g/mol. The number of methoxy groups -OCH3 is 1. The topological polar surface area (TPSA) is 76.4 Å². The van der Waals surface area contributed by atoms with Gasteiger partial charge in [-0.1, -0.05) is 6.07 Å². The van der Waals surface area contributed by atoms with Gasteiger partial charge in [-0.2, -0.15) is 4.98 Å². The standard InChI is InChI=1S/C15H14FN3O3S/c1-19-6-11(20)17-15(19)18-14(21)13-8(7-22-2)12-9(16)4-3-5-10(12)23-13/h3-6,20H,7H2,1-2H3,(H,17,18,21). The van der Waals surface area contributed by atoms with Gasteiger partial charge in [0.2, 0.25) is 11.8 Å². The van der Waals surface area contributed by atoms with Gasteiger partial charge in [0.25, 0.3) is 5.91 Å². The quantitative estimate of drug-likeness (QED) is 0.769. The van der Waals surface area contributed by atoms with Crippen molar-refractivity contribution in [1.82, 2.24) is 9.55 Å². The summed E-state index contributed by atoms with van der Waals surface area (Å²) < 4.78 is 21.4. The fraction of sp³-hybridized carbons (Fsp3) is 0.200. The molecule has 0 aliphatic heterocycles. The molecule has 0 aliphatic rings. The van der Waals surface area contributed by atoms with Crippen LogP contribution in [0, 0.1) is 5.82 Å². The molecule has 2 aromatic heterocycles. The van der Waals surface area contributed by atoms with Crippen LogP contribution in [0.2, 0.25) is 0 Å².